The standard InChI is InChI=1S/C26H26O5/c1-2-16-29-23-14-6-13-22(18-23)26(28)31-24-15-7-12-21(19-24)25(27)30-17-8-11-20-9-4-3-5-10-20/h3-7,9-10,12-15,18-19H,2,8,11,16-17H2,1H3. The van der Waals surface area contributed by atoms with Gasteiger partial charge < -0.3 is 14.2 Å². The van der Waals surface area contributed by atoms with Crippen LogP contribution in [0.3, 0.4) is 0 Å². The topological polar surface area (TPSA) is 61.8 Å². The van der Waals surface area contributed by atoms with E-state index < -0.39 is 11.9 Å². The molecule has 0 bridgehead atoms. The Morgan fingerprint density at radius 1 is 0.742 bits per heavy atom. The van der Waals surface area contributed by atoms with E-state index >= 15 is 0 Å². The minimum absolute atomic E-state index is 0.281. The molecule has 0 fully saturated rings. The van der Waals surface area contributed by atoms with Crippen LogP contribution in [0, 0.1) is 0 Å². The lowest BCUT2D eigenvalue weighted by molar-refractivity contribution is 0.0498. The Hall–Kier alpha value is -3.60. The predicted octanol–water partition coefficient (Wildman–Crippen LogP) is 5.48. The summed E-state index contributed by atoms with van der Waals surface area (Å²) < 4.78 is 16.3. The molecule has 31 heavy (non-hydrogen) atoms. The summed E-state index contributed by atoms with van der Waals surface area (Å²) in [4.78, 5) is 24.8. The van der Waals surface area contributed by atoms with E-state index in [-0.39, 0.29) is 5.75 Å². The first-order valence-electron chi connectivity index (χ1n) is 10.4. The van der Waals surface area contributed by atoms with Gasteiger partial charge in [-0.2, -0.15) is 0 Å². The van der Waals surface area contributed by atoms with Gasteiger partial charge in [-0.25, -0.2) is 9.59 Å². The fourth-order valence-corrected chi connectivity index (χ4v) is 2.95. The summed E-state index contributed by atoms with van der Waals surface area (Å²) in [6.07, 6.45) is 2.46. The van der Waals surface area contributed by atoms with E-state index in [2.05, 4.69) is 0 Å². The molecule has 0 aliphatic carbocycles. The zero-order valence-corrected chi connectivity index (χ0v) is 17.6. The van der Waals surface area contributed by atoms with Gasteiger partial charge in [0.2, 0.25) is 0 Å². The Kier molecular flexibility index (Phi) is 8.23. The van der Waals surface area contributed by atoms with Gasteiger partial charge in [0, 0.05) is 0 Å². The van der Waals surface area contributed by atoms with Crippen LogP contribution in [0.25, 0.3) is 0 Å². The maximum absolute atomic E-state index is 12.5. The van der Waals surface area contributed by atoms with E-state index in [0.717, 1.165) is 19.3 Å². The van der Waals surface area contributed by atoms with E-state index in [4.69, 9.17) is 14.2 Å². The molecule has 160 valence electrons. The number of esters is 2. The molecule has 3 aromatic rings. The third kappa shape index (κ3) is 7.00. The Balaban J connectivity index is 1.53. The van der Waals surface area contributed by atoms with Crippen LogP contribution in [0.15, 0.2) is 78.9 Å². The van der Waals surface area contributed by atoms with Gasteiger partial charge in [-0.15, -0.1) is 0 Å². The van der Waals surface area contributed by atoms with Crippen molar-refractivity contribution in [1.29, 1.82) is 0 Å². The molecule has 0 aliphatic rings. The van der Waals surface area contributed by atoms with Crippen molar-refractivity contribution < 1.29 is 23.8 Å². The SMILES string of the molecule is CCCOc1cccc(C(=O)Oc2cccc(C(=O)OCCCc3ccccc3)c2)c1. The molecule has 3 aromatic carbocycles. The molecule has 0 N–H and O–H groups in total. The summed E-state index contributed by atoms with van der Waals surface area (Å²) in [6, 6.07) is 23.3. The van der Waals surface area contributed by atoms with Crippen molar-refractivity contribution >= 4 is 11.9 Å². The normalized spacial score (nSPS) is 10.4. The van der Waals surface area contributed by atoms with Gasteiger partial charge in [0.05, 0.1) is 24.3 Å². The van der Waals surface area contributed by atoms with Gasteiger partial charge in [-0.1, -0.05) is 49.4 Å². The third-order valence-electron chi connectivity index (χ3n) is 4.51. The summed E-state index contributed by atoms with van der Waals surface area (Å²) in [7, 11) is 0. The fraction of sp³-hybridized carbons (Fsp3) is 0.231. The van der Waals surface area contributed by atoms with E-state index in [0.29, 0.717) is 30.1 Å². The largest absolute Gasteiger partial charge is 0.494 e. The molecule has 5 heteroatoms. The molecule has 0 radical (unpaired) electrons. The van der Waals surface area contributed by atoms with Crippen LogP contribution >= 0.6 is 0 Å². The van der Waals surface area contributed by atoms with Crippen LogP contribution in [0.2, 0.25) is 0 Å². The molecular formula is C26H26O5. The third-order valence-corrected chi connectivity index (χ3v) is 4.51. The molecule has 0 aliphatic heterocycles. The summed E-state index contributed by atoms with van der Waals surface area (Å²) in [5.74, 6) is -0.0657. The van der Waals surface area contributed by atoms with Crippen molar-refractivity contribution in [2.24, 2.45) is 0 Å². The molecule has 0 saturated carbocycles. The number of carbonyl (C=O) groups is 2. The molecule has 0 unspecified atom stereocenters. The minimum Gasteiger partial charge on any atom is -0.494 e. The van der Waals surface area contributed by atoms with Crippen LogP contribution in [-0.2, 0) is 11.2 Å². The lowest BCUT2D eigenvalue weighted by Gasteiger charge is -2.09. The number of aryl methyl sites for hydroxylation is 1. The zero-order valence-electron chi connectivity index (χ0n) is 17.6. The first-order chi connectivity index (χ1) is 15.2. The number of hydrogen-bond donors (Lipinski definition) is 0. The molecule has 0 amide bonds. The van der Waals surface area contributed by atoms with Crippen molar-refractivity contribution in [3.8, 4) is 11.5 Å². The average Bonchev–Trinajstić information content (AvgIpc) is 2.81. The van der Waals surface area contributed by atoms with E-state index in [1.54, 1.807) is 42.5 Å². The van der Waals surface area contributed by atoms with Gasteiger partial charge in [0.15, 0.2) is 0 Å². The molecular weight excluding hydrogens is 392 g/mol. The highest BCUT2D eigenvalue weighted by Gasteiger charge is 2.13. The van der Waals surface area contributed by atoms with Gasteiger partial charge >= 0.3 is 11.9 Å². The van der Waals surface area contributed by atoms with Crippen LogP contribution < -0.4 is 9.47 Å². The van der Waals surface area contributed by atoms with Gasteiger partial charge in [-0.05, 0) is 61.2 Å². The summed E-state index contributed by atoms with van der Waals surface area (Å²) >= 11 is 0. The van der Waals surface area contributed by atoms with E-state index in [9.17, 15) is 9.59 Å². The van der Waals surface area contributed by atoms with Crippen molar-refractivity contribution in [3.05, 3.63) is 95.6 Å². The predicted molar refractivity (Wildman–Crippen MR) is 119 cm³/mol. The maximum Gasteiger partial charge on any atom is 0.343 e. The number of carbonyl (C=O) groups excluding carboxylic acids is 2. The molecule has 0 spiro atoms. The van der Waals surface area contributed by atoms with Gasteiger partial charge in [-0.3, -0.25) is 0 Å². The van der Waals surface area contributed by atoms with Crippen LogP contribution in [0.5, 0.6) is 11.5 Å². The average molecular weight is 418 g/mol. The van der Waals surface area contributed by atoms with Crippen molar-refractivity contribution in [1.82, 2.24) is 0 Å². The number of rotatable bonds is 10. The molecule has 3 rings (SSSR count). The molecule has 0 atom stereocenters. The van der Waals surface area contributed by atoms with Crippen molar-refractivity contribution in [3.63, 3.8) is 0 Å². The number of hydrogen-bond acceptors (Lipinski definition) is 5. The Bertz CT molecular complexity index is 997. The second kappa shape index (κ2) is 11.6. The molecule has 5 nitrogen and oxygen atoms in total. The summed E-state index contributed by atoms with van der Waals surface area (Å²) in [5.41, 5.74) is 1.92. The first-order valence-corrected chi connectivity index (χ1v) is 10.4. The van der Waals surface area contributed by atoms with Crippen molar-refractivity contribution in [2.75, 3.05) is 13.2 Å². The smallest absolute Gasteiger partial charge is 0.343 e. The van der Waals surface area contributed by atoms with Crippen LogP contribution in [0.1, 0.15) is 46.0 Å². The zero-order chi connectivity index (χ0) is 21.9. The summed E-state index contributed by atoms with van der Waals surface area (Å²) in [6.45, 7) is 2.91. The van der Waals surface area contributed by atoms with Crippen molar-refractivity contribution in [2.45, 2.75) is 26.2 Å². The number of benzene rings is 3. The number of ether oxygens (including phenoxy) is 3. The van der Waals surface area contributed by atoms with E-state index in [1.807, 2.05) is 37.3 Å². The van der Waals surface area contributed by atoms with Crippen LogP contribution in [0.4, 0.5) is 0 Å². The quantitative estimate of drug-likeness (QED) is 0.248. The highest BCUT2D eigenvalue weighted by Crippen LogP contribution is 2.19. The maximum atomic E-state index is 12.5. The first kappa shape index (κ1) is 22.1. The molecule has 0 heterocycles. The minimum atomic E-state index is -0.518. The fourth-order valence-electron chi connectivity index (χ4n) is 2.95. The second-order valence-corrected chi connectivity index (χ2v) is 7.02. The highest BCUT2D eigenvalue weighted by molar-refractivity contribution is 5.93. The summed E-state index contributed by atoms with van der Waals surface area (Å²) in [5, 5.41) is 0. The molecule has 0 saturated heterocycles. The lowest BCUT2D eigenvalue weighted by atomic mass is 10.1. The van der Waals surface area contributed by atoms with Gasteiger partial charge in [0.25, 0.3) is 0 Å². The van der Waals surface area contributed by atoms with Crippen LogP contribution in [-0.4, -0.2) is 25.2 Å². The lowest BCUT2D eigenvalue weighted by Crippen LogP contribution is -2.10. The second-order valence-electron chi connectivity index (χ2n) is 7.02. The Morgan fingerprint density at radius 3 is 2.16 bits per heavy atom. The monoisotopic (exact) mass is 418 g/mol. The van der Waals surface area contributed by atoms with E-state index in [1.165, 1.54) is 11.6 Å². The Labute approximate surface area is 182 Å². The highest BCUT2D eigenvalue weighted by atomic mass is 16.5. The Morgan fingerprint density at radius 2 is 1.42 bits per heavy atom. The van der Waals surface area contributed by atoms with Gasteiger partial charge in [0.1, 0.15) is 11.5 Å². The molecule has 0 aromatic heterocycles.